The largest absolute Gasteiger partial charge is 0.508 e. The summed E-state index contributed by atoms with van der Waals surface area (Å²) in [5.74, 6) is 4.51. The van der Waals surface area contributed by atoms with Crippen molar-refractivity contribution in [2.24, 2.45) is 0 Å². The molecule has 352 valence electrons. The number of hydrogen-bond acceptors (Lipinski definition) is 17. The van der Waals surface area contributed by atoms with Crippen molar-refractivity contribution in [2.45, 2.75) is 31.4 Å². The number of aromatic nitrogens is 4. The van der Waals surface area contributed by atoms with Gasteiger partial charge < -0.3 is 54.7 Å². The predicted molar refractivity (Wildman–Crippen MR) is 236 cm³/mol. The molecule has 5 aromatic rings. The third-order valence-corrected chi connectivity index (χ3v) is 13.9. The van der Waals surface area contributed by atoms with Crippen molar-refractivity contribution in [2.75, 3.05) is 18.5 Å². The van der Waals surface area contributed by atoms with Crippen molar-refractivity contribution in [3.05, 3.63) is 124 Å². The summed E-state index contributed by atoms with van der Waals surface area (Å²) in [7, 11) is -16.8. The molecule has 68 heavy (non-hydrogen) atoms. The van der Waals surface area contributed by atoms with Gasteiger partial charge in [0, 0.05) is 52.7 Å². The average Bonchev–Trinajstić information content (AvgIpc) is 3.87. The highest BCUT2D eigenvalue weighted by molar-refractivity contribution is 7.66. The number of aromatic carboxylic acids is 1. The lowest BCUT2D eigenvalue weighted by Gasteiger charge is -2.19. The van der Waals surface area contributed by atoms with E-state index in [1.54, 1.807) is 18.2 Å². The molecule has 1 fully saturated rings. The number of aromatic hydroxyl groups is 1. The number of nitrogens with one attached hydrogen (secondary N) is 2. The Balaban J connectivity index is 0.878. The summed E-state index contributed by atoms with van der Waals surface area (Å²) in [4.78, 5) is 87.4. The molecule has 27 heteroatoms. The molecule has 0 saturated carbocycles. The number of aliphatic hydroxyl groups excluding tert-OH is 1. The second kappa shape index (κ2) is 19.1. The van der Waals surface area contributed by atoms with Crippen LogP contribution in [0.3, 0.4) is 0 Å². The number of amides is 1. The number of imidazole rings is 1. The van der Waals surface area contributed by atoms with Crippen LogP contribution in [0.1, 0.15) is 44.5 Å². The van der Waals surface area contributed by atoms with E-state index in [9.17, 15) is 53.2 Å². The van der Waals surface area contributed by atoms with Crippen LogP contribution in [0.25, 0.3) is 44.6 Å². The summed E-state index contributed by atoms with van der Waals surface area (Å²) < 4.78 is 59.8. The van der Waals surface area contributed by atoms with Gasteiger partial charge in [-0.25, -0.2) is 33.4 Å². The van der Waals surface area contributed by atoms with Crippen molar-refractivity contribution >= 4 is 63.3 Å². The van der Waals surface area contributed by atoms with E-state index >= 15 is 0 Å². The number of rotatable bonds is 15. The number of carbonyl (C=O) groups excluding carboxylic acids is 1. The average molecular weight is 993 g/mol. The van der Waals surface area contributed by atoms with E-state index in [4.69, 9.17) is 18.9 Å². The number of aliphatic hydroxyl groups is 1. The number of carboxylic acid groups (broad SMARTS) is 1. The number of ether oxygens (including phenoxy) is 1. The molecular formula is C41H35N6O18P3. The second-order valence-corrected chi connectivity index (χ2v) is 19.2. The first-order valence-corrected chi connectivity index (χ1v) is 24.2. The Morgan fingerprint density at radius 3 is 2.43 bits per heavy atom. The number of hydrogen-bond donors (Lipinski definition) is 9. The van der Waals surface area contributed by atoms with Gasteiger partial charge in [-0.1, -0.05) is 24.0 Å². The number of fused-ring (bicyclic) bond motifs is 3. The van der Waals surface area contributed by atoms with Gasteiger partial charge >= 0.3 is 29.4 Å². The Labute approximate surface area is 381 Å². The maximum Gasteiger partial charge on any atom is 0.490 e. The minimum Gasteiger partial charge on any atom is -0.508 e. The van der Waals surface area contributed by atoms with E-state index in [1.807, 2.05) is 12.1 Å². The van der Waals surface area contributed by atoms with E-state index in [0.717, 1.165) is 5.56 Å². The number of phenols is 1. The van der Waals surface area contributed by atoms with Crippen molar-refractivity contribution < 1.29 is 80.5 Å². The molecule has 1 amide bonds. The molecule has 1 aliphatic carbocycles. The number of nitrogens with zero attached hydrogens (tertiary/aromatic N) is 4. The first-order chi connectivity index (χ1) is 32.2. The van der Waals surface area contributed by atoms with Gasteiger partial charge in [0.15, 0.2) is 22.4 Å². The number of carbonyl (C=O) groups is 2. The van der Waals surface area contributed by atoms with Crippen LogP contribution >= 0.6 is 23.5 Å². The van der Waals surface area contributed by atoms with Crippen molar-refractivity contribution in [1.82, 2.24) is 24.8 Å². The molecule has 5 atom stereocenters. The van der Waals surface area contributed by atoms with Crippen LogP contribution in [0.2, 0.25) is 0 Å². The fourth-order valence-corrected chi connectivity index (χ4v) is 10.2. The predicted octanol–water partition coefficient (Wildman–Crippen LogP) is 4.49. The number of anilines is 1. The minimum atomic E-state index is -5.74. The van der Waals surface area contributed by atoms with E-state index in [2.05, 4.69) is 50.6 Å². The molecule has 2 aromatic heterocycles. The smallest absolute Gasteiger partial charge is 0.490 e. The third-order valence-electron chi connectivity index (χ3n) is 10.1. The van der Waals surface area contributed by atoms with E-state index in [0.29, 0.717) is 39.1 Å². The van der Waals surface area contributed by atoms with Crippen LogP contribution in [0.15, 0.2) is 101 Å². The number of benzene rings is 4. The summed E-state index contributed by atoms with van der Waals surface area (Å²) in [5.41, 5.74) is 2.99. The standard InChI is InChI=1S/C41H35N6O18P3/c48-25-8-11-28-32(15-25)62-33-16-26(49)9-12-29(33)36(28)30-14-24(7-10-27(30)41(52)53)40(51)42-13-1-2-22-3-5-23(6-4-22)18-43-38-37-39(45-20-44-38)47(21-46-37)35-17-31(50)34(63-35)19-61-67(57,58)65-68(59,60)64-66(54,55)56/h3-12,14-16,20-21,31,34-35,48,50H,13,17-19H2,(H,42,51)(H,52,53)(H,57,58)(H,59,60)(H,43,44,45)(H2,54,55,56)/t31-,34-,35-/m1/s1. The molecule has 3 aromatic carbocycles. The van der Waals surface area contributed by atoms with Crippen molar-refractivity contribution in [3.8, 4) is 40.0 Å². The van der Waals surface area contributed by atoms with E-state index < -0.39 is 60.4 Å². The Kier molecular flexibility index (Phi) is 13.5. The lowest BCUT2D eigenvalue weighted by Crippen LogP contribution is -2.26. The lowest BCUT2D eigenvalue weighted by atomic mass is 9.89. The molecule has 2 unspecified atom stereocenters. The normalized spacial score (nSPS) is 17.9. The maximum atomic E-state index is 13.3. The van der Waals surface area contributed by atoms with Gasteiger partial charge in [0.05, 0.1) is 31.1 Å². The summed E-state index contributed by atoms with van der Waals surface area (Å²) >= 11 is 0. The van der Waals surface area contributed by atoms with Gasteiger partial charge in [-0.15, -0.1) is 0 Å². The maximum absolute atomic E-state index is 13.3. The van der Waals surface area contributed by atoms with Gasteiger partial charge in [0.1, 0.15) is 35.8 Å². The summed E-state index contributed by atoms with van der Waals surface area (Å²) in [6.07, 6.45) is -0.910. The van der Waals surface area contributed by atoms with Crippen LogP contribution in [0.5, 0.6) is 5.75 Å². The Morgan fingerprint density at radius 2 is 1.68 bits per heavy atom. The third kappa shape index (κ3) is 11.0. The fourth-order valence-electron chi connectivity index (χ4n) is 7.19. The van der Waals surface area contributed by atoms with Crippen molar-refractivity contribution in [1.29, 1.82) is 0 Å². The van der Waals surface area contributed by atoms with Gasteiger partial charge in [-0.2, -0.15) is 8.62 Å². The molecular weight excluding hydrogens is 957 g/mol. The van der Waals surface area contributed by atoms with Crippen LogP contribution in [-0.2, 0) is 38.1 Å². The Bertz CT molecular complexity index is 3350. The summed E-state index contributed by atoms with van der Waals surface area (Å²) in [5, 5.41) is 37.2. The first kappa shape index (κ1) is 47.8. The summed E-state index contributed by atoms with van der Waals surface area (Å²) in [6.45, 7) is -0.614. The zero-order chi connectivity index (χ0) is 48.5. The topological polar surface area (TPSA) is 362 Å². The van der Waals surface area contributed by atoms with Gasteiger partial charge in [0.25, 0.3) is 5.91 Å². The lowest BCUT2D eigenvalue weighted by molar-refractivity contribution is -0.0423. The molecule has 8 rings (SSSR count). The number of phosphoric ester groups is 1. The zero-order valence-corrected chi connectivity index (χ0v) is 37.2. The highest BCUT2D eigenvalue weighted by atomic mass is 31.3. The quantitative estimate of drug-likeness (QED) is 0.0388. The van der Waals surface area contributed by atoms with E-state index in [1.165, 1.54) is 65.8 Å². The van der Waals surface area contributed by atoms with Crippen LogP contribution in [0.4, 0.5) is 5.82 Å². The monoisotopic (exact) mass is 992 g/mol. The molecule has 2 aliphatic heterocycles. The molecule has 9 N–H and O–H groups in total. The molecule has 0 spiro atoms. The van der Waals surface area contributed by atoms with Gasteiger partial charge in [-0.05, 0) is 65.7 Å². The van der Waals surface area contributed by atoms with E-state index in [-0.39, 0.29) is 58.7 Å². The second-order valence-electron chi connectivity index (χ2n) is 14.8. The first-order valence-electron chi connectivity index (χ1n) is 19.7. The molecule has 0 bridgehead atoms. The fraction of sp³-hybridized carbons (Fsp3) is 0.171. The molecule has 3 aliphatic rings. The van der Waals surface area contributed by atoms with Crippen LogP contribution in [-0.4, -0.2) is 91.6 Å². The van der Waals surface area contributed by atoms with Gasteiger partial charge in [-0.3, -0.25) is 18.7 Å². The Morgan fingerprint density at radius 1 is 0.897 bits per heavy atom. The summed E-state index contributed by atoms with van der Waals surface area (Å²) in [6, 6.07) is 19.7. The number of phenolic OH excluding ortho intramolecular Hbond substituents is 1. The zero-order valence-electron chi connectivity index (χ0n) is 34.5. The molecule has 24 nitrogen and oxygen atoms in total. The minimum absolute atomic E-state index is 0.0519. The SMILES string of the molecule is O=C(NCC#Cc1ccc(CNc2ncnc3c2ncn3[C@H]2C[C@@H](O)[C@@H](COP(=O)(O)OP(=O)(O)OP(=O)(O)O)O2)cc1)c1ccc(C(=O)O)c(-c2c3ccc(=O)cc-3oc3cc(O)ccc23)c1. The van der Waals surface area contributed by atoms with Crippen LogP contribution < -0.4 is 16.1 Å². The number of carboxylic acids is 1. The van der Waals surface area contributed by atoms with Gasteiger partial charge in [0.2, 0.25) is 0 Å². The highest BCUT2D eigenvalue weighted by Crippen LogP contribution is 2.66. The Hall–Kier alpha value is -6.67. The molecule has 0 radical (unpaired) electrons. The number of phosphoric acid groups is 3. The molecule has 1 saturated heterocycles. The molecule has 4 heterocycles. The highest BCUT2D eigenvalue weighted by Gasteiger charge is 2.43. The van der Waals surface area contributed by atoms with Crippen LogP contribution in [0, 0.1) is 11.8 Å². The van der Waals surface area contributed by atoms with Crippen molar-refractivity contribution in [3.63, 3.8) is 0 Å².